The Morgan fingerprint density at radius 1 is 0.417 bits per heavy atom. The first-order valence-corrected chi connectivity index (χ1v) is 22.9. The topological polar surface area (TPSA) is 406 Å². The van der Waals surface area contributed by atoms with Gasteiger partial charge in [0.2, 0.25) is 35.4 Å². The highest BCUT2D eigenvalue weighted by molar-refractivity contribution is 5.93. The molecule has 18 N–H and O–H groups in total. The predicted octanol–water partition coefficient (Wildman–Crippen LogP) is 0.539. The number of benzene rings is 4. The van der Waals surface area contributed by atoms with Crippen molar-refractivity contribution in [1.82, 2.24) is 21.3 Å². The third kappa shape index (κ3) is 22.5. The zero-order valence-corrected chi connectivity index (χ0v) is 39.7. The Morgan fingerprint density at radius 3 is 1.03 bits per heavy atom. The van der Waals surface area contributed by atoms with Gasteiger partial charge in [0, 0.05) is 51.6 Å². The standard InChI is InChI=1S/2C25H32N6O5/c2*26-23(35)19(12-13-22(33)34)31-24(36)20(30-21(32)7-4-14-29-25(27)28)15-16-8-10-18(11-9-16)17-5-2-1-3-6-17/h2*1-3,5-6,8-11,19-20H,4,7,12-15H2,(H2,26,35)(H,30,32)(H,31,36)(H,33,34)(H4,27,28,29)/t2*19-,20-/m10/s1. The van der Waals surface area contributed by atoms with Crippen molar-refractivity contribution in [3.63, 3.8) is 0 Å². The van der Waals surface area contributed by atoms with E-state index in [1.54, 1.807) is 0 Å². The quantitative estimate of drug-likeness (QED) is 0.0210. The van der Waals surface area contributed by atoms with Crippen molar-refractivity contribution in [3.8, 4) is 22.3 Å². The molecule has 0 spiro atoms. The highest BCUT2D eigenvalue weighted by Crippen LogP contribution is 2.21. The Bertz CT molecular complexity index is 2310. The van der Waals surface area contributed by atoms with Crippen LogP contribution in [0.3, 0.4) is 0 Å². The summed E-state index contributed by atoms with van der Waals surface area (Å²) in [5, 5.41) is 28.1. The van der Waals surface area contributed by atoms with Gasteiger partial charge in [-0.2, -0.15) is 0 Å². The molecule has 0 saturated carbocycles. The van der Waals surface area contributed by atoms with E-state index in [1.807, 2.05) is 109 Å². The molecule has 4 aromatic carbocycles. The van der Waals surface area contributed by atoms with Gasteiger partial charge in [-0.3, -0.25) is 48.3 Å². The second-order valence-corrected chi connectivity index (χ2v) is 16.4. The Hall–Kier alpha value is -8.82. The molecule has 0 aliphatic carbocycles. The molecule has 0 heterocycles. The number of nitrogens with zero attached hydrogens (tertiary/aromatic N) is 2. The minimum Gasteiger partial charge on any atom is -0.481 e. The molecule has 0 radical (unpaired) electrons. The molecule has 0 fully saturated rings. The second-order valence-electron chi connectivity index (χ2n) is 16.4. The van der Waals surface area contributed by atoms with Crippen LogP contribution in [0.4, 0.5) is 0 Å². The van der Waals surface area contributed by atoms with Crippen LogP contribution in [0.25, 0.3) is 22.3 Å². The molecule has 384 valence electrons. The first-order valence-electron chi connectivity index (χ1n) is 22.9. The van der Waals surface area contributed by atoms with Crippen molar-refractivity contribution in [1.29, 1.82) is 0 Å². The molecular formula is C50H64N12O10. The van der Waals surface area contributed by atoms with Crippen LogP contribution in [0, 0.1) is 0 Å². The lowest BCUT2D eigenvalue weighted by Crippen LogP contribution is -2.53. The molecule has 6 amide bonds. The van der Waals surface area contributed by atoms with Crippen LogP contribution in [-0.4, -0.2) is 107 Å². The molecule has 0 saturated heterocycles. The monoisotopic (exact) mass is 992 g/mol. The van der Waals surface area contributed by atoms with Crippen LogP contribution in [0.1, 0.15) is 62.5 Å². The van der Waals surface area contributed by atoms with Crippen LogP contribution in [0.2, 0.25) is 0 Å². The van der Waals surface area contributed by atoms with E-state index in [2.05, 4.69) is 31.3 Å². The third-order valence-corrected chi connectivity index (χ3v) is 10.6. The number of carbonyl (C=O) groups is 8. The van der Waals surface area contributed by atoms with Gasteiger partial charge in [0.25, 0.3) is 0 Å². The van der Waals surface area contributed by atoms with Gasteiger partial charge in [0.1, 0.15) is 24.2 Å². The van der Waals surface area contributed by atoms with Gasteiger partial charge < -0.3 is 65.9 Å². The normalized spacial score (nSPS) is 12.1. The van der Waals surface area contributed by atoms with Gasteiger partial charge >= 0.3 is 11.9 Å². The fourth-order valence-corrected chi connectivity index (χ4v) is 6.90. The molecule has 72 heavy (non-hydrogen) atoms. The number of carboxylic acid groups (broad SMARTS) is 2. The summed E-state index contributed by atoms with van der Waals surface area (Å²) in [4.78, 5) is 104. The number of amides is 6. The highest BCUT2D eigenvalue weighted by atomic mass is 16.4. The Labute approximate surface area is 416 Å². The van der Waals surface area contributed by atoms with Crippen molar-refractivity contribution in [2.75, 3.05) is 13.1 Å². The number of aliphatic carboxylic acids is 2. The van der Waals surface area contributed by atoms with E-state index in [1.165, 1.54) is 0 Å². The number of carbonyl (C=O) groups excluding carboxylic acids is 6. The van der Waals surface area contributed by atoms with Crippen LogP contribution >= 0.6 is 0 Å². The number of nitrogens with one attached hydrogen (secondary N) is 4. The van der Waals surface area contributed by atoms with Crippen LogP contribution in [0.15, 0.2) is 119 Å². The number of primary amides is 2. The predicted molar refractivity (Wildman–Crippen MR) is 271 cm³/mol. The fourth-order valence-electron chi connectivity index (χ4n) is 6.90. The SMILES string of the molecule is NC(=O)[C@@H](CCC(=O)O)NC(=O)[C@@H](Cc1ccc(-c2ccccc2)cc1)NC(=O)CCCN=C(N)N.NC(=O)[C@H](CCC(=O)O)NC(=O)[C@H](Cc1ccc(-c2ccccc2)cc1)NC(=O)CCCN=C(N)N. The third-order valence-electron chi connectivity index (χ3n) is 10.6. The molecule has 22 nitrogen and oxygen atoms in total. The largest absolute Gasteiger partial charge is 0.481 e. The number of hydrogen-bond acceptors (Lipinski definition) is 10. The molecule has 22 heteroatoms. The molecule has 0 bridgehead atoms. The number of guanidine groups is 2. The van der Waals surface area contributed by atoms with Gasteiger partial charge in [-0.25, -0.2) is 0 Å². The molecule has 0 unspecified atom stereocenters. The van der Waals surface area contributed by atoms with E-state index >= 15 is 0 Å². The first kappa shape index (κ1) is 57.5. The average molecular weight is 993 g/mol. The van der Waals surface area contributed by atoms with Gasteiger partial charge in [-0.05, 0) is 59.1 Å². The Kier molecular flexibility index (Phi) is 24.5. The summed E-state index contributed by atoms with van der Waals surface area (Å²) in [6.45, 7) is 0.513. The van der Waals surface area contributed by atoms with Crippen molar-refractivity contribution < 1.29 is 48.6 Å². The lowest BCUT2D eigenvalue weighted by atomic mass is 9.99. The molecule has 4 rings (SSSR count). The smallest absolute Gasteiger partial charge is 0.303 e. The number of nitrogens with two attached hydrogens (primary N) is 6. The number of rotatable bonds is 28. The van der Waals surface area contributed by atoms with Crippen LogP contribution < -0.4 is 55.7 Å². The number of carboxylic acids is 2. The maximum absolute atomic E-state index is 13.0. The number of aliphatic imine (C=N–C) groups is 2. The maximum Gasteiger partial charge on any atom is 0.303 e. The van der Waals surface area contributed by atoms with Crippen molar-refractivity contribution in [2.45, 2.75) is 88.4 Å². The summed E-state index contributed by atoms with van der Waals surface area (Å²) in [5.41, 5.74) is 37.4. The Balaban J connectivity index is 0.000000380. The summed E-state index contributed by atoms with van der Waals surface area (Å²) in [7, 11) is 0. The molecule has 4 atom stereocenters. The van der Waals surface area contributed by atoms with Gasteiger partial charge in [0.15, 0.2) is 11.9 Å². The molecule has 4 aromatic rings. The van der Waals surface area contributed by atoms with Crippen LogP contribution in [0.5, 0.6) is 0 Å². The van der Waals surface area contributed by atoms with E-state index in [0.717, 1.165) is 33.4 Å². The van der Waals surface area contributed by atoms with Crippen molar-refractivity contribution in [2.24, 2.45) is 44.4 Å². The summed E-state index contributed by atoms with van der Waals surface area (Å²) in [5.74, 6) is -6.22. The minimum atomic E-state index is -1.18. The van der Waals surface area contributed by atoms with E-state index < -0.39 is 71.5 Å². The summed E-state index contributed by atoms with van der Waals surface area (Å²) >= 11 is 0. The zero-order chi connectivity index (χ0) is 53.0. The Morgan fingerprint density at radius 2 is 0.736 bits per heavy atom. The van der Waals surface area contributed by atoms with Gasteiger partial charge in [-0.1, -0.05) is 109 Å². The van der Waals surface area contributed by atoms with E-state index in [-0.39, 0.29) is 76.4 Å². The van der Waals surface area contributed by atoms with E-state index in [9.17, 15) is 38.4 Å². The summed E-state index contributed by atoms with van der Waals surface area (Å²) in [6, 6.07) is 30.2. The average Bonchev–Trinajstić information content (AvgIpc) is 3.34. The first-order chi connectivity index (χ1) is 34.3. The van der Waals surface area contributed by atoms with Gasteiger partial charge in [-0.15, -0.1) is 0 Å². The van der Waals surface area contributed by atoms with E-state index in [4.69, 9.17) is 44.6 Å². The summed E-state index contributed by atoms with van der Waals surface area (Å²) < 4.78 is 0. The minimum absolute atomic E-state index is 0.0752. The maximum atomic E-state index is 13.0. The summed E-state index contributed by atoms with van der Waals surface area (Å²) in [6.07, 6.45) is 0.141. The van der Waals surface area contributed by atoms with Crippen LogP contribution in [-0.2, 0) is 51.2 Å². The molecule has 0 aliphatic rings. The highest BCUT2D eigenvalue weighted by Gasteiger charge is 2.28. The lowest BCUT2D eigenvalue weighted by molar-refractivity contribution is -0.138. The molecule has 0 aromatic heterocycles. The lowest BCUT2D eigenvalue weighted by Gasteiger charge is -2.22. The zero-order valence-electron chi connectivity index (χ0n) is 39.7. The van der Waals surface area contributed by atoms with Crippen molar-refractivity contribution >= 4 is 59.3 Å². The molecule has 0 aliphatic heterocycles. The second kappa shape index (κ2) is 30.6. The number of hydrogen-bond donors (Lipinski definition) is 12. The van der Waals surface area contributed by atoms with Crippen molar-refractivity contribution in [3.05, 3.63) is 120 Å². The fraction of sp³-hybridized carbons (Fsp3) is 0.320. The van der Waals surface area contributed by atoms with E-state index in [0.29, 0.717) is 12.8 Å². The molecular weight excluding hydrogens is 929 g/mol. The van der Waals surface area contributed by atoms with Gasteiger partial charge in [0.05, 0.1) is 0 Å².